The molecule has 1 aliphatic heterocycles. The number of carbonyl (C=O) groups is 1. The monoisotopic (exact) mass is 288 g/mol. The van der Waals surface area contributed by atoms with Gasteiger partial charge in [-0.25, -0.2) is 4.39 Å². The van der Waals surface area contributed by atoms with Crippen molar-refractivity contribution in [1.29, 1.82) is 0 Å². The molecule has 0 bridgehead atoms. The molecule has 0 radical (unpaired) electrons. The number of nitrogens with zero attached hydrogens (tertiary/aromatic N) is 1. The van der Waals surface area contributed by atoms with Crippen molar-refractivity contribution >= 4 is 18.3 Å². The van der Waals surface area contributed by atoms with Gasteiger partial charge in [0, 0.05) is 19.6 Å². The highest BCUT2D eigenvalue weighted by Crippen LogP contribution is 2.12. The fourth-order valence-electron chi connectivity index (χ4n) is 1.95. The zero-order chi connectivity index (χ0) is 13.0. The Bertz CT molecular complexity index is 408. The van der Waals surface area contributed by atoms with E-state index in [1.54, 1.807) is 11.9 Å². The Morgan fingerprint density at radius 3 is 2.74 bits per heavy atom. The van der Waals surface area contributed by atoms with E-state index in [0.29, 0.717) is 5.75 Å². The molecule has 1 aromatic carbocycles. The summed E-state index contributed by atoms with van der Waals surface area (Å²) < 4.78 is 18.0. The molecule has 1 amide bonds. The first-order chi connectivity index (χ1) is 8.66. The lowest BCUT2D eigenvalue weighted by Gasteiger charge is -2.23. The summed E-state index contributed by atoms with van der Waals surface area (Å²) >= 11 is 0. The highest BCUT2D eigenvalue weighted by atomic mass is 35.5. The second kappa shape index (κ2) is 7.31. The molecule has 1 saturated heterocycles. The third-order valence-corrected chi connectivity index (χ3v) is 3.15. The van der Waals surface area contributed by atoms with Crippen molar-refractivity contribution < 1.29 is 13.9 Å². The fourth-order valence-corrected chi connectivity index (χ4v) is 1.95. The summed E-state index contributed by atoms with van der Waals surface area (Å²) in [6.07, 6.45) is 0.971. The van der Waals surface area contributed by atoms with Crippen molar-refractivity contribution in [2.45, 2.75) is 12.5 Å². The minimum Gasteiger partial charge on any atom is -0.484 e. The van der Waals surface area contributed by atoms with Crippen LogP contribution in [0, 0.1) is 5.82 Å². The van der Waals surface area contributed by atoms with Crippen molar-refractivity contribution in [2.75, 3.05) is 26.7 Å². The first kappa shape index (κ1) is 15.7. The summed E-state index contributed by atoms with van der Waals surface area (Å²) in [4.78, 5) is 13.6. The van der Waals surface area contributed by atoms with Gasteiger partial charge in [0.1, 0.15) is 11.6 Å². The third-order valence-electron chi connectivity index (χ3n) is 3.15. The number of carbonyl (C=O) groups excluding carboxylic acids is 1. The van der Waals surface area contributed by atoms with Gasteiger partial charge in [-0.15, -0.1) is 12.4 Å². The van der Waals surface area contributed by atoms with Crippen molar-refractivity contribution in [3.63, 3.8) is 0 Å². The summed E-state index contributed by atoms with van der Waals surface area (Å²) in [5.74, 6) is 0.124. The van der Waals surface area contributed by atoms with Crippen molar-refractivity contribution in [2.24, 2.45) is 0 Å². The lowest BCUT2D eigenvalue weighted by molar-refractivity contribution is -0.133. The van der Waals surface area contributed by atoms with Crippen LogP contribution in [0.5, 0.6) is 5.75 Å². The molecule has 4 nitrogen and oxygen atoms in total. The topological polar surface area (TPSA) is 41.6 Å². The van der Waals surface area contributed by atoms with E-state index in [0.717, 1.165) is 19.5 Å². The van der Waals surface area contributed by atoms with Crippen LogP contribution in [-0.4, -0.2) is 43.6 Å². The molecule has 1 N–H and O–H groups in total. The molecule has 1 atom stereocenters. The van der Waals surface area contributed by atoms with Crippen molar-refractivity contribution in [3.8, 4) is 5.75 Å². The molecule has 1 aromatic rings. The van der Waals surface area contributed by atoms with Gasteiger partial charge in [-0.3, -0.25) is 4.79 Å². The normalized spacial score (nSPS) is 17.7. The molecule has 0 spiro atoms. The minimum atomic E-state index is -0.317. The van der Waals surface area contributed by atoms with Gasteiger partial charge in [-0.05, 0) is 37.2 Å². The standard InChI is InChI=1S/C13H17FN2O2.ClH/c1-16(11-6-7-15-8-11)13(17)9-18-12-4-2-10(14)3-5-12;/h2-5,11,15H,6-9H2,1H3;1H. The molecule has 2 rings (SSSR count). The largest absolute Gasteiger partial charge is 0.484 e. The maximum absolute atomic E-state index is 12.7. The molecule has 1 unspecified atom stereocenters. The number of halogens is 2. The maximum atomic E-state index is 12.7. The van der Waals surface area contributed by atoms with E-state index in [1.807, 2.05) is 0 Å². The Kier molecular flexibility index (Phi) is 6.05. The summed E-state index contributed by atoms with van der Waals surface area (Å²) in [5.41, 5.74) is 0. The molecule has 1 fully saturated rings. The summed E-state index contributed by atoms with van der Waals surface area (Å²) in [5, 5.41) is 3.21. The first-order valence-corrected chi connectivity index (χ1v) is 6.01. The van der Waals surface area contributed by atoms with Gasteiger partial charge in [0.15, 0.2) is 6.61 Å². The van der Waals surface area contributed by atoms with E-state index in [2.05, 4.69) is 5.32 Å². The molecule has 106 valence electrons. The molecule has 19 heavy (non-hydrogen) atoms. The molecular formula is C13H18ClFN2O2. The van der Waals surface area contributed by atoms with E-state index in [1.165, 1.54) is 24.3 Å². The molecule has 1 heterocycles. The van der Waals surface area contributed by atoms with Crippen LogP contribution in [0.15, 0.2) is 24.3 Å². The first-order valence-electron chi connectivity index (χ1n) is 6.01. The minimum absolute atomic E-state index is 0. The van der Waals surface area contributed by atoms with Gasteiger partial charge < -0.3 is 15.0 Å². The van der Waals surface area contributed by atoms with Gasteiger partial charge in [0.25, 0.3) is 5.91 Å². The number of benzene rings is 1. The third kappa shape index (κ3) is 4.36. The predicted molar refractivity (Wildman–Crippen MR) is 73.2 cm³/mol. The Labute approximate surface area is 118 Å². The Morgan fingerprint density at radius 2 is 2.16 bits per heavy atom. The number of amides is 1. The maximum Gasteiger partial charge on any atom is 0.260 e. The quantitative estimate of drug-likeness (QED) is 0.912. The van der Waals surface area contributed by atoms with Crippen LogP contribution in [0.25, 0.3) is 0 Å². The molecule has 0 saturated carbocycles. The summed E-state index contributed by atoms with van der Waals surface area (Å²) in [6.45, 7) is 1.76. The van der Waals surface area contributed by atoms with Crippen LogP contribution in [0.4, 0.5) is 4.39 Å². The fraction of sp³-hybridized carbons (Fsp3) is 0.462. The number of hydrogen-bond acceptors (Lipinski definition) is 3. The van der Waals surface area contributed by atoms with Gasteiger partial charge >= 0.3 is 0 Å². The highest BCUT2D eigenvalue weighted by Gasteiger charge is 2.23. The van der Waals surface area contributed by atoms with Crippen LogP contribution in [0.1, 0.15) is 6.42 Å². The van der Waals surface area contributed by atoms with E-state index < -0.39 is 0 Å². The average Bonchev–Trinajstić information content (AvgIpc) is 2.90. The number of likely N-dealkylation sites (N-methyl/N-ethyl adjacent to an activating group) is 1. The van der Waals surface area contributed by atoms with E-state index in [4.69, 9.17) is 4.74 Å². The van der Waals surface area contributed by atoms with Gasteiger partial charge in [-0.1, -0.05) is 0 Å². The van der Waals surface area contributed by atoms with Crippen LogP contribution < -0.4 is 10.1 Å². The van der Waals surface area contributed by atoms with Crippen LogP contribution in [0.2, 0.25) is 0 Å². The van der Waals surface area contributed by atoms with Crippen LogP contribution in [-0.2, 0) is 4.79 Å². The molecular weight excluding hydrogens is 271 g/mol. The van der Waals surface area contributed by atoms with E-state index in [9.17, 15) is 9.18 Å². The zero-order valence-electron chi connectivity index (χ0n) is 10.8. The Balaban J connectivity index is 0.00000180. The summed E-state index contributed by atoms with van der Waals surface area (Å²) in [6, 6.07) is 5.89. The molecule has 0 aromatic heterocycles. The van der Waals surface area contributed by atoms with Gasteiger partial charge in [0.2, 0.25) is 0 Å². The number of rotatable bonds is 4. The Morgan fingerprint density at radius 1 is 1.47 bits per heavy atom. The number of nitrogens with one attached hydrogen (secondary N) is 1. The number of hydrogen-bond donors (Lipinski definition) is 1. The lowest BCUT2D eigenvalue weighted by atomic mass is 10.2. The SMILES string of the molecule is CN(C(=O)COc1ccc(F)cc1)C1CCNC1.Cl. The number of ether oxygens (including phenoxy) is 1. The average molecular weight is 289 g/mol. The van der Waals surface area contributed by atoms with Crippen molar-refractivity contribution in [3.05, 3.63) is 30.1 Å². The zero-order valence-corrected chi connectivity index (χ0v) is 11.6. The molecule has 6 heteroatoms. The van der Waals surface area contributed by atoms with Crippen LogP contribution in [0.3, 0.4) is 0 Å². The van der Waals surface area contributed by atoms with Crippen LogP contribution >= 0.6 is 12.4 Å². The van der Waals surface area contributed by atoms with Gasteiger partial charge in [-0.2, -0.15) is 0 Å². The highest BCUT2D eigenvalue weighted by molar-refractivity contribution is 5.85. The second-order valence-corrected chi connectivity index (χ2v) is 4.39. The Hall–Kier alpha value is -1.33. The molecule has 1 aliphatic rings. The predicted octanol–water partition coefficient (Wildman–Crippen LogP) is 1.45. The van der Waals surface area contributed by atoms with Crippen molar-refractivity contribution in [1.82, 2.24) is 10.2 Å². The van der Waals surface area contributed by atoms with Gasteiger partial charge in [0.05, 0.1) is 0 Å². The van der Waals surface area contributed by atoms with E-state index in [-0.39, 0.29) is 36.8 Å². The summed E-state index contributed by atoms with van der Waals surface area (Å²) in [7, 11) is 1.79. The lowest BCUT2D eigenvalue weighted by Crippen LogP contribution is -2.40. The van der Waals surface area contributed by atoms with E-state index >= 15 is 0 Å². The molecule has 0 aliphatic carbocycles. The smallest absolute Gasteiger partial charge is 0.260 e. The second-order valence-electron chi connectivity index (χ2n) is 4.39.